The summed E-state index contributed by atoms with van der Waals surface area (Å²) < 4.78 is 6.95. The molecular formula is C18H22BrNO. The Balaban J connectivity index is 1.81. The van der Waals surface area contributed by atoms with Crippen molar-refractivity contribution in [2.75, 3.05) is 13.7 Å². The maximum atomic E-state index is 5.83. The first-order valence-corrected chi connectivity index (χ1v) is 8.08. The Morgan fingerprint density at radius 2 is 1.90 bits per heavy atom. The molecule has 1 N–H and O–H groups in total. The first kappa shape index (κ1) is 16.1. The standard InChI is InChI=1S/C18H22BrNO/c1-14-4-3-5-18(12-14)21-11-10-17(20-2)13-15-6-8-16(19)9-7-15/h3-9,12,17,20H,10-11,13H2,1-2H3. The molecule has 0 amide bonds. The smallest absolute Gasteiger partial charge is 0.119 e. The molecule has 0 heterocycles. The third-order valence-corrected chi connectivity index (χ3v) is 4.06. The molecule has 0 spiro atoms. The normalized spacial score (nSPS) is 12.1. The number of hydrogen-bond donors (Lipinski definition) is 1. The molecule has 0 radical (unpaired) electrons. The highest BCUT2D eigenvalue weighted by Gasteiger charge is 2.07. The molecule has 0 saturated carbocycles. The molecule has 1 atom stereocenters. The van der Waals surface area contributed by atoms with E-state index in [4.69, 9.17) is 4.74 Å². The van der Waals surface area contributed by atoms with Crippen molar-refractivity contribution in [1.29, 1.82) is 0 Å². The van der Waals surface area contributed by atoms with Crippen LogP contribution in [-0.4, -0.2) is 19.7 Å². The molecule has 0 aliphatic rings. The Hall–Kier alpha value is -1.32. The summed E-state index contributed by atoms with van der Waals surface area (Å²) in [7, 11) is 2.01. The van der Waals surface area contributed by atoms with Gasteiger partial charge in [0.2, 0.25) is 0 Å². The largest absolute Gasteiger partial charge is 0.494 e. The lowest BCUT2D eigenvalue weighted by Crippen LogP contribution is -2.29. The van der Waals surface area contributed by atoms with Crippen LogP contribution in [0.4, 0.5) is 0 Å². The van der Waals surface area contributed by atoms with E-state index in [1.54, 1.807) is 0 Å². The molecule has 0 aliphatic carbocycles. The number of benzene rings is 2. The molecule has 1 unspecified atom stereocenters. The van der Waals surface area contributed by atoms with Gasteiger partial charge in [0.25, 0.3) is 0 Å². The molecule has 2 nitrogen and oxygen atoms in total. The number of nitrogens with one attached hydrogen (secondary N) is 1. The van der Waals surface area contributed by atoms with E-state index in [9.17, 15) is 0 Å². The highest BCUT2D eigenvalue weighted by molar-refractivity contribution is 9.10. The zero-order valence-corrected chi connectivity index (χ0v) is 14.2. The minimum absolute atomic E-state index is 0.427. The summed E-state index contributed by atoms with van der Waals surface area (Å²) in [6, 6.07) is 17.1. The summed E-state index contributed by atoms with van der Waals surface area (Å²) in [6.45, 7) is 2.81. The van der Waals surface area contributed by atoms with Crippen LogP contribution in [0, 0.1) is 6.92 Å². The van der Waals surface area contributed by atoms with E-state index in [1.807, 2.05) is 19.2 Å². The zero-order valence-electron chi connectivity index (χ0n) is 12.6. The summed E-state index contributed by atoms with van der Waals surface area (Å²) in [4.78, 5) is 0. The molecule has 0 aromatic heterocycles. The molecule has 0 saturated heterocycles. The summed E-state index contributed by atoms with van der Waals surface area (Å²) in [5.41, 5.74) is 2.57. The van der Waals surface area contributed by atoms with Gasteiger partial charge in [-0.15, -0.1) is 0 Å². The second-order valence-electron chi connectivity index (χ2n) is 5.27. The molecular weight excluding hydrogens is 326 g/mol. The quantitative estimate of drug-likeness (QED) is 0.803. The zero-order chi connectivity index (χ0) is 15.1. The molecule has 2 aromatic carbocycles. The van der Waals surface area contributed by atoms with E-state index >= 15 is 0 Å². The van der Waals surface area contributed by atoms with Crippen LogP contribution < -0.4 is 10.1 Å². The first-order chi connectivity index (χ1) is 10.2. The van der Waals surface area contributed by atoms with Crippen molar-refractivity contribution >= 4 is 15.9 Å². The van der Waals surface area contributed by atoms with Gasteiger partial charge in [-0.05, 0) is 62.2 Å². The maximum absolute atomic E-state index is 5.83. The Kier molecular flexibility index (Phi) is 6.27. The molecule has 3 heteroatoms. The van der Waals surface area contributed by atoms with Gasteiger partial charge in [-0.1, -0.05) is 40.2 Å². The van der Waals surface area contributed by atoms with Crippen LogP contribution in [0.2, 0.25) is 0 Å². The highest BCUT2D eigenvalue weighted by atomic mass is 79.9. The third kappa shape index (κ3) is 5.52. The molecule has 0 fully saturated rings. The van der Waals surface area contributed by atoms with Crippen molar-refractivity contribution in [2.24, 2.45) is 0 Å². The van der Waals surface area contributed by atoms with Gasteiger partial charge in [0, 0.05) is 10.5 Å². The van der Waals surface area contributed by atoms with Crippen LogP contribution in [0.3, 0.4) is 0 Å². The van der Waals surface area contributed by atoms with Gasteiger partial charge in [0.1, 0.15) is 5.75 Å². The van der Waals surface area contributed by atoms with Crippen LogP contribution in [0.15, 0.2) is 53.0 Å². The van der Waals surface area contributed by atoms with E-state index in [0.29, 0.717) is 6.04 Å². The van der Waals surface area contributed by atoms with Gasteiger partial charge in [-0.3, -0.25) is 0 Å². The van der Waals surface area contributed by atoms with E-state index < -0.39 is 0 Å². The van der Waals surface area contributed by atoms with Crippen molar-refractivity contribution in [1.82, 2.24) is 5.32 Å². The molecule has 0 bridgehead atoms. The highest BCUT2D eigenvalue weighted by Crippen LogP contribution is 2.15. The van der Waals surface area contributed by atoms with Gasteiger partial charge in [0.15, 0.2) is 0 Å². The van der Waals surface area contributed by atoms with E-state index in [2.05, 4.69) is 64.6 Å². The van der Waals surface area contributed by atoms with Crippen LogP contribution >= 0.6 is 15.9 Å². The number of aryl methyl sites for hydroxylation is 1. The Morgan fingerprint density at radius 1 is 1.14 bits per heavy atom. The fourth-order valence-corrected chi connectivity index (χ4v) is 2.54. The lowest BCUT2D eigenvalue weighted by atomic mass is 10.0. The molecule has 112 valence electrons. The predicted octanol–water partition coefficient (Wildman–Crippen LogP) is 4.36. The lowest BCUT2D eigenvalue weighted by Gasteiger charge is -2.17. The van der Waals surface area contributed by atoms with Crippen molar-refractivity contribution < 1.29 is 4.74 Å². The number of ether oxygens (including phenoxy) is 1. The Labute approximate surface area is 135 Å². The van der Waals surface area contributed by atoms with Gasteiger partial charge >= 0.3 is 0 Å². The van der Waals surface area contributed by atoms with Crippen LogP contribution in [-0.2, 0) is 6.42 Å². The van der Waals surface area contributed by atoms with Crippen molar-refractivity contribution in [3.63, 3.8) is 0 Å². The number of halogens is 1. The molecule has 2 rings (SSSR count). The van der Waals surface area contributed by atoms with E-state index in [-0.39, 0.29) is 0 Å². The molecule has 0 aliphatic heterocycles. The Morgan fingerprint density at radius 3 is 2.57 bits per heavy atom. The van der Waals surface area contributed by atoms with Crippen molar-refractivity contribution in [3.05, 3.63) is 64.1 Å². The van der Waals surface area contributed by atoms with Crippen LogP contribution in [0.1, 0.15) is 17.5 Å². The second-order valence-corrected chi connectivity index (χ2v) is 6.19. The topological polar surface area (TPSA) is 21.3 Å². The third-order valence-electron chi connectivity index (χ3n) is 3.53. The van der Waals surface area contributed by atoms with Crippen molar-refractivity contribution in [2.45, 2.75) is 25.8 Å². The minimum Gasteiger partial charge on any atom is -0.494 e. The van der Waals surface area contributed by atoms with Gasteiger partial charge in [0.05, 0.1) is 6.61 Å². The van der Waals surface area contributed by atoms with Crippen molar-refractivity contribution in [3.8, 4) is 5.75 Å². The summed E-state index contributed by atoms with van der Waals surface area (Å²) >= 11 is 3.47. The monoisotopic (exact) mass is 347 g/mol. The Bertz CT molecular complexity index is 553. The summed E-state index contributed by atoms with van der Waals surface area (Å²) in [6.07, 6.45) is 2.00. The van der Waals surface area contributed by atoms with Gasteiger partial charge in [-0.2, -0.15) is 0 Å². The van der Waals surface area contributed by atoms with Gasteiger partial charge < -0.3 is 10.1 Å². The van der Waals surface area contributed by atoms with Crippen LogP contribution in [0.5, 0.6) is 5.75 Å². The van der Waals surface area contributed by atoms with E-state index in [1.165, 1.54) is 11.1 Å². The minimum atomic E-state index is 0.427. The van der Waals surface area contributed by atoms with E-state index in [0.717, 1.165) is 29.7 Å². The SMILES string of the molecule is CNC(CCOc1cccc(C)c1)Cc1ccc(Br)cc1. The van der Waals surface area contributed by atoms with Gasteiger partial charge in [-0.25, -0.2) is 0 Å². The molecule has 21 heavy (non-hydrogen) atoms. The predicted molar refractivity (Wildman–Crippen MR) is 92.0 cm³/mol. The van der Waals surface area contributed by atoms with Crippen LogP contribution in [0.25, 0.3) is 0 Å². The summed E-state index contributed by atoms with van der Waals surface area (Å²) in [5, 5.41) is 3.37. The maximum Gasteiger partial charge on any atom is 0.119 e. The first-order valence-electron chi connectivity index (χ1n) is 7.28. The summed E-state index contributed by atoms with van der Waals surface area (Å²) in [5.74, 6) is 0.952. The average molecular weight is 348 g/mol. The number of likely N-dealkylation sites (N-methyl/N-ethyl adjacent to an activating group) is 1. The second kappa shape index (κ2) is 8.20. The number of rotatable bonds is 7. The molecule has 2 aromatic rings. The lowest BCUT2D eigenvalue weighted by molar-refractivity contribution is 0.288. The average Bonchev–Trinajstić information content (AvgIpc) is 2.48. The number of hydrogen-bond acceptors (Lipinski definition) is 2. The fraction of sp³-hybridized carbons (Fsp3) is 0.333. The fourth-order valence-electron chi connectivity index (χ4n) is 2.28.